The molecule has 0 saturated heterocycles. The second-order valence-corrected chi connectivity index (χ2v) is 6.95. The van der Waals surface area contributed by atoms with E-state index in [4.69, 9.17) is 15.2 Å². The highest BCUT2D eigenvalue weighted by Crippen LogP contribution is 2.38. The number of rotatable bonds is 5. The third-order valence-electron chi connectivity index (χ3n) is 5.07. The summed E-state index contributed by atoms with van der Waals surface area (Å²) in [6, 6.07) is 9.18. The highest BCUT2D eigenvalue weighted by Gasteiger charge is 2.18. The van der Waals surface area contributed by atoms with Crippen molar-refractivity contribution in [3.63, 3.8) is 0 Å². The molecule has 2 aliphatic rings. The minimum Gasteiger partial charge on any atom is -0.454 e. The van der Waals surface area contributed by atoms with E-state index >= 15 is 0 Å². The zero-order valence-electron chi connectivity index (χ0n) is 15.0. The Morgan fingerprint density at radius 1 is 0.963 bits per heavy atom. The van der Waals surface area contributed by atoms with Crippen LogP contribution in [0.15, 0.2) is 30.3 Å². The summed E-state index contributed by atoms with van der Waals surface area (Å²) in [5.41, 5.74) is 10.1. The molecule has 1 heterocycles. The largest absolute Gasteiger partial charge is 0.454 e. The Kier molecular flexibility index (Phi) is 4.71. The Morgan fingerprint density at radius 2 is 1.70 bits per heavy atom. The first-order valence-electron chi connectivity index (χ1n) is 9.24. The van der Waals surface area contributed by atoms with Crippen molar-refractivity contribution in [2.45, 2.75) is 38.5 Å². The minimum absolute atomic E-state index is 0.0165. The van der Waals surface area contributed by atoms with Crippen LogP contribution < -0.4 is 20.5 Å². The van der Waals surface area contributed by atoms with Crippen LogP contribution in [0.5, 0.6) is 11.5 Å². The van der Waals surface area contributed by atoms with Crippen LogP contribution >= 0.6 is 0 Å². The van der Waals surface area contributed by atoms with E-state index in [2.05, 4.69) is 11.4 Å². The first kappa shape index (κ1) is 17.4. The average molecular weight is 366 g/mol. The fraction of sp³-hybridized carbons (Fsp3) is 0.333. The summed E-state index contributed by atoms with van der Waals surface area (Å²) in [5, 5.41) is 2.74. The number of nitrogens with two attached hydrogens (primary N) is 1. The molecule has 1 amide bonds. The normalized spacial score (nSPS) is 14.5. The lowest BCUT2D eigenvalue weighted by molar-refractivity contribution is -0.116. The molecule has 1 aliphatic carbocycles. The molecule has 3 N–H and O–H groups in total. The van der Waals surface area contributed by atoms with Crippen molar-refractivity contribution in [2.75, 3.05) is 17.8 Å². The van der Waals surface area contributed by atoms with E-state index in [0.717, 1.165) is 12.8 Å². The molecule has 0 radical (unpaired) electrons. The Labute approximate surface area is 157 Å². The summed E-state index contributed by atoms with van der Waals surface area (Å²) in [6.07, 6.45) is 4.76. The SMILES string of the molecule is Nc1cc2c(cc1NC(=O)CCC(=O)c1ccc3c(c1)CCCC3)OCO2. The van der Waals surface area contributed by atoms with Crippen LogP contribution in [-0.4, -0.2) is 18.5 Å². The van der Waals surface area contributed by atoms with Gasteiger partial charge in [0.2, 0.25) is 12.7 Å². The van der Waals surface area contributed by atoms with E-state index in [-0.39, 0.29) is 31.3 Å². The molecule has 0 spiro atoms. The molecule has 2 aromatic rings. The third-order valence-corrected chi connectivity index (χ3v) is 5.07. The van der Waals surface area contributed by atoms with Crippen molar-refractivity contribution >= 4 is 23.1 Å². The molecular formula is C21H22N2O4. The lowest BCUT2D eigenvalue weighted by atomic mass is 9.89. The van der Waals surface area contributed by atoms with Crippen LogP contribution in [-0.2, 0) is 17.6 Å². The monoisotopic (exact) mass is 366 g/mol. The lowest BCUT2D eigenvalue weighted by Crippen LogP contribution is -2.15. The summed E-state index contributed by atoms with van der Waals surface area (Å²) in [4.78, 5) is 24.7. The van der Waals surface area contributed by atoms with Gasteiger partial charge in [-0.05, 0) is 42.9 Å². The lowest BCUT2D eigenvalue weighted by Gasteiger charge is -2.16. The van der Waals surface area contributed by atoms with Gasteiger partial charge in [-0.25, -0.2) is 0 Å². The van der Waals surface area contributed by atoms with Gasteiger partial charge < -0.3 is 20.5 Å². The number of nitrogen functional groups attached to an aromatic ring is 1. The van der Waals surface area contributed by atoms with Crippen molar-refractivity contribution < 1.29 is 19.1 Å². The molecule has 1 aliphatic heterocycles. The average Bonchev–Trinajstić information content (AvgIpc) is 3.13. The number of anilines is 2. The summed E-state index contributed by atoms with van der Waals surface area (Å²) >= 11 is 0. The first-order valence-corrected chi connectivity index (χ1v) is 9.24. The second-order valence-electron chi connectivity index (χ2n) is 6.95. The van der Waals surface area contributed by atoms with E-state index in [1.165, 1.54) is 24.0 Å². The molecule has 27 heavy (non-hydrogen) atoms. The number of nitrogens with one attached hydrogen (secondary N) is 1. The standard InChI is InChI=1S/C21H22N2O4/c22-16-10-19-20(27-12-26-19)11-17(16)23-21(25)8-7-18(24)15-6-5-13-3-1-2-4-14(13)9-15/h5-6,9-11H,1-4,7-8,12,22H2,(H,23,25). The molecule has 6 nitrogen and oxygen atoms in total. The number of aryl methyl sites for hydroxylation is 2. The molecule has 6 heteroatoms. The third kappa shape index (κ3) is 3.74. The summed E-state index contributed by atoms with van der Waals surface area (Å²) in [6.45, 7) is 0.140. The molecule has 0 aromatic heterocycles. The van der Waals surface area contributed by atoms with Gasteiger partial charge in [0.05, 0.1) is 11.4 Å². The number of ether oxygens (including phenoxy) is 2. The molecule has 0 unspecified atom stereocenters. The van der Waals surface area contributed by atoms with Crippen LogP contribution in [0.3, 0.4) is 0 Å². The topological polar surface area (TPSA) is 90.7 Å². The maximum Gasteiger partial charge on any atom is 0.231 e. The van der Waals surface area contributed by atoms with Crippen LogP contribution in [0.1, 0.15) is 47.2 Å². The van der Waals surface area contributed by atoms with Crippen LogP contribution in [0.25, 0.3) is 0 Å². The summed E-state index contributed by atoms with van der Waals surface area (Å²) in [5.74, 6) is 0.835. The molecule has 2 aromatic carbocycles. The molecule has 4 rings (SSSR count). The Morgan fingerprint density at radius 3 is 2.52 bits per heavy atom. The Balaban J connectivity index is 1.36. The van der Waals surface area contributed by atoms with Crippen molar-refractivity contribution in [3.05, 3.63) is 47.0 Å². The van der Waals surface area contributed by atoms with Gasteiger partial charge in [0.15, 0.2) is 17.3 Å². The van der Waals surface area contributed by atoms with E-state index in [1.54, 1.807) is 12.1 Å². The van der Waals surface area contributed by atoms with Gasteiger partial charge in [0.1, 0.15) is 0 Å². The van der Waals surface area contributed by atoms with Gasteiger partial charge >= 0.3 is 0 Å². The summed E-state index contributed by atoms with van der Waals surface area (Å²) in [7, 11) is 0. The van der Waals surface area contributed by atoms with Crippen molar-refractivity contribution in [3.8, 4) is 11.5 Å². The maximum absolute atomic E-state index is 12.5. The number of fused-ring (bicyclic) bond motifs is 2. The molecule has 0 atom stereocenters. The van der Waals surface area contributed by atoms with E-state index < -0.39 is 0 Å². The molecule has 0 bridgehead atoms. The first-order chi connectivity index (χ1) is 13.1. The molecule has 0 fully saturated rings. The van der Waals surface area contributed by atoms with Crippen molar-refractivity contribution in [1.82, 2.24) is 0 Å². The smallest absolute Gasteiger partial charge is 0.231 e. The summed E-state index contributed by atoms with van der Waals surface area (Å²) < 4.78 is 10.5. The molecule has 0 saturated carbocycles. The van der Waals surface area contributed by atoms with E-state index in [1.807, 2.05) is 12.1 Å². The maximum atomic E-state index is 12.5. The predicted molar refractivity (Wildman–Crippen MR) is 102 cm³/mol. The van der Waals surface area contributed by atoms with Crippen molar-refractivity contribution in [2.24, 2.45) is 0 Å². The van der Waals surface area contributed by atoms with Gasteiger partial charge in [-0.15, -0.1) is 0 Å². The fourth-order valence-corrected chi connectivity index (χ4v) is 3.56. The molecular weight excluding hydrogens is 344 g/mol. The highest BCUT2D eigenvalue weighted by atomic mass is 16.7. The number of amides is 1. The quantitative estimate of drug-likeness (QED) is 0.624. The minimum atomic E-state index is -0.258. The van der Waals surface area contributed by atoms with Gasteiger partial charge in [0.25, 0.3) is 0 Å². The number of carbonyl (C=O) groups excluding carboxylic acids is 2. The Hall–Kier alpha value is -3.02. The van der Waals surface area contributed by atoms with Gasteiger partial charge in [-0.3, -0.25) is 9.59 Å². The van der Waals surface area contributed by atoms with Crippen LogP contribution in [0, 0.1) is 0 Å². The number of benzene rings is 2. The Bertz CT molecular complexity index is 907. The van der Waals surface area contributed by atoms with Crippen LogP contribution in [0.4, 0.5) is 11.4 Å². The van der Waals surface area contributed by atoms with Gasteiger partial charge in [-0.1, -0.05) is 12.1 Å². The highest BCUT2D eigenvalue weighted by molar-refractivity contribution is 6.01. The number of Topliss-reactive ketones (excluding diaryl/α,β-unsaturated/α-hetero) is 1. The van der Waals surface area contributed by atoms with Crippen molar-refractivity contribution in [1.29, 1.82) is 0 Å². The van der Waals surface area contributed by atoms with Gasteiger partial charge in [-0.2, -0.15) is 0 Å². The van der Waals surface area contributed by atoms with Crippen LogP contribution in [0.2, 0.25) is 0 Å². The van der Waals surface area contributed by atoms with E-state index in [9.17, 15) is 9.59 Å². The molecule has 140 valence electrons. The number of hydrogen-bond donors (Lipinski definition) is 2. The number of hydrogen-bond acceptors (Lipinski definition) is 5. The van der Waals surface area contributed by atoms with E-state index in [0.29, 0.717) is 28.4 Å². The number of ketones is 1. The zero-order valence-corrected chi connectivity index (χ0v) is 15.0. The number of carbonyl (C=O) groups is 2. The van der Waals surface area contributed by atoms with Gasteiger partial charge in [0, 0.05) is 30.5 Å². The predicted octanol–water partition coefficient (Wildman–Crippen LogP) is 3.48. The fourth-order valence-electron chi connectivity index (χ4n) is 3.56. The second kappa shape index (κ2) is 7.31. The zero-order chi connectivity index (χ0) is 18.8.